The lowest BCUT2D eigenvalue weighted by Crippen LogP contribution is -2.32. The first-order valence-electron chi connectivity index (χ1n) is 12.2. The molecule has 0 radical (unpaired) electrons. The number of carbonyl (C=O) groups excluding carboxylic acids is 1. The predicted octanol–water partition coefficient (Wildman–Crippen LogP) is 8.50. The fourth-order valence-corrected chi connectivity index (χ4v) is 3.94. The smallest absolute Gasteiger partial charge is 0.321 e. The summed E-state index contributed by atoms with van der Waals surface area (Å²) >= 11 is 0. The van der Waals surface area contributed by atoms with Crippen molar-refractivity contribution in [1.82, 2.24) is 0 Å². The fourth-order valence-electron chi connectivity index (χ4n) is 3.94. The van der Waals surface area contributed by atoms with Crippen molar-refractivity contribution < 1.29 is 9.53 Å². The lowest BCUT2D eigenvalue weighted by molar-refractivity contribution is -0.157. The minimum absolute atomic E-state index is 0.0104. The lowest BCUT2D eigenvalue weighted by atomic mass is 9.93. The quantitative estimate of drug-likeness (QED) is 0.166. The number of rotatable bonds is 19. The number of allylic oxidation sites excluding steroid dienone is 1. The highest BCUT2D eigenvalue weighted by Gasteiger charge is 2.36. The molecule has 0 bridgehead atoms. The standard InChI is InChI=1S/C25H46O2/c1-3-5-7-9-11-13-14-16-18-20-22-24-23(25(26)27-24)21-19-17-15-12-10-8-6-4-2/h22-23H,3-21H2,1-2H3/b24-22-. The third-order valence-electron chi connectivity index (χ3n) is 5.85. The van der Waals surface area contributed by atoms with Gasteiger partial charge in [0.15, 0.2) is 0 Å². The molecule has 0 amide bonds. The molecule has 1 unspecified atom stereocenters. The van der Waals surface area contributed by atoms with Crippen LogP contribution >= 0.6 is 0 Å². The van der Waals surface area contributed by atoms with Crippen molar-refractivity contribution in [3.63, 3.8) is 0 Å². The van der Waals surface area contributed by atoms with E-state index in [1.54, 1.807) is 0 Å². The number of unbranched alkanes of at least 4 members (excludes halogenated alkanes) is 16. The minimum atomic E-state index is 0.0104. The van der Waals surface area contributed by atoms with Crippen molar-refractivity contribution >= 4 is 5.97 Å². The van der Waals surface area contributed by atoms with Gasteiger partial charge >= 0.3 is 5.97 Å². The highest BCUT2D eigenvalue weighted by molar-refractivity contribution is 5.82. The van der Waals surface area contributed by atoms with E-state index in [-0.39, 0.29) is 11.9 Å². The second-order valence-electron chi connectivity index (χ2n) is 8.46. The van der Waals surface area contributed by atoms with Crippen LogP contribution in [0.5, 0.6) is 0 Å². The van der Waals surface area contributed by atoms with Gasteiger partial charge in [0.2, 0.25) is 0 Å². The first-order chi connectivity index (χ1) is 13.3. The Labute approximate surface area is 169 Å². The second-order valence-corrected chi connectivity index (χ2v) is 8.46. The average Bonchev–Trinajstić information content (AvgIpc) is 2.67. The maximum Gasteiger partial charge on any atom is 0.321 e. The van der Waals surface area contributed by atoms with E-state index in [1.165, 1.54) is 109 Å². The van der Waals surface area contributed by atoms with Gasteiger partial charge in [-0.2, -0.15) is 0 Å². The minimum Gasteiger partial charge on any atom is -0.430 e. The third-order valence-corrected chi connectivity index (χ3v) is 5.85. The van der Waals surface area contributed by atoms with Crippen molar-refractivity contribution in [3.8, 4) is 0 Å². The van der Waals surface area contributed by atoms with Gasteiger partial charge < -0.3 is 4.74 Å². The number of cyclic esters (lactones) is 1. The molecule has 158 valence electrons. The van der Waals surface area contributed by atoms with E-state index in [4.69, 9.17) is 4.74 Å². The highest BCUT2D eigenvalue weighted by atomic mass is 16.6. The molecule has 0 aromatic rings. The molecule has 1 aliphatic rings. The van der Waals surface area contributed by atoms with Crippen molar-refractivity contribution in [2.45, 2.75) is 136 Å². The van der Waals surface area contributed by atoms with E-state index in [2.05, 4.69) is 19.9 Å². The SMILES string of the molecule is CCCCCCCCCCC/C=C1\OC(=O)C1CCCCCCCCCC. The Morgan fingerprint density at radius 3 is 1.59 bits per heavy atom. The maximum absolute atomic E-state index is 11.7. The summed E-state index contributed by atoms with van der Waals surface area (Å²) in [7, 11) is 0. The summed E-state index contributed by atoms with van der Waals surface area (Å²) in [5.74, 6) is 1.07. The zero-order valence-electron chi connectivity index (χ0n) is 18.4. The van der Waals surface area contributed by atoms with Crippen LogP contribution in [-0.2, 0) is 9.53 Å². The molecule has 0 saturated carbocycles. The Morgan fingerprint density at radius 2 is 1.11 bits per heavy atom. The van der Waals surface area contributed by atoms with Crippen molar-refractivity contribution in [3.05, 3.63) is 11.8 Å². The Hall–Kier alpha value is -0.790. The molecular formula is C25H46O2. The Bertz CT molecular complexity index is 386. The van der Waals surface area contributed by atoms with Crippen molar-refractivity contribution in [2.75, 3.05) is 0 Å². The molecule has 0 aliphatic carbocycles. The summed E-state index contributed by atoms with van der Waals surface area (Å²) < 4.78 is 5.28. The molecule has 1 fully saturated rings. The normalized spacial score (nSPS) is 17.9. The monoisotopic (exact) mass is 378 g/mol. The molecular weight excluding hydrogens is 332 g/mol. The van der Waals surface area contributed by atoms with Gasteiger partial charge in [-0.1, -0.05) is 117 Å². The molecule has 27 heavy (non-hydrogen) atoms. The number of esters is 1. The van der Waals surface area contributed by atoms with Crippen LogP contribution in [0.4, 0.5) is 0 Å². The van der Waals surface area contributed by atoms with E-state index < -0.39 is 0 Å². The molecule has 0 N–H and O–H groups in total. The summed E-state index contributed by atoms with van der Waals surface area (Å²) in [6, 6.07) is 0. The molecule has 1 heterocycles. The third kappa shape index (κ3) is 12.3. The van der Waals surface area contributed by atoms with Crippen LogP contribution in [-0.4, -0.2) is 5.97 Å². The summed E-state index contributed by atoms with van der Waals surface area (Å²) in [6.07, 6.45) is 27.1. The maximum atomic E-state index is 11.7. The van der Waals surface area contributed by atoms with E-state index in [9.17, 15) is 4.79 Å². The van der Waals surface area contributed by atoms with Gasteiger partial charge in [-0.3, -0.25) is 4.79 Å². The van der Waals surface area contributed by atoms with Crippen LogP contribution in [0, 0.1) is 5.92 Å². The average molecular weight is 379 g/mol. The van der Waals surface area contributed by atoms with Gasteiger partial charge in [0.05, 0.1) is 0 Å². The van der Waals surface area contributed by atoms with Crippen LogP contribution in [0.1, 0.15) is 136 Å². The van der Waals surface area contributed by atoms with E-state index in [0.717, 1.165) is 18.6 Å². The Kier molecular flexibility index (Phi) is 15.6. The van der Waals surface area contributed by atoms with E-state index in [1.807, 2.05) is 0 Å². The van der Waals surface area contributed by atoms with Gasteiger partial charge in [0.1, 0.15) is 11.7 Å². The number of carbonyl (C=O) groups is 1. The Balaban J connectivity index is 1.96. The zero-order valence-corrected chi connectivity index (χ0v) is 18.4. The van der Waals surface area contributed by atoms with Crippen LogP contribution in [0.2, 0.25) is 0 Å². The second kappa shape index (κ2) is 17.3. The van der Waals surface area contributed by atoms with Gasteiger partial charge in [0.25, 0.3) is 0 Å². The summed E-state index contributed by atoms with van der Waals surface area (Å²) in [5.41, 5.74) is 0. The van der Waals surface area contributed by atoms with Crippen molar-refractivity contribution in [2.24, 2.45) is 5.92 Å². The predicted molar refractivity (Wildman–Crippen MR) is 117 cm³/mol. The van der Waals surface area contributed by atoms with Crippen LogP contribution in [0.3, 0.4) is 0 Å². The zero-order chi connectivity index (χ0) is 19.6. The summed E-state index contributed by atoms with van der Waals surface area (Å²) in [5, 5.41) is 0. The topological polar surface area (TPSA) is 26.3 Å². The van der Waals surface area contributed by atoms with Crippen LogP contribution < -0.4 is 0 Å². The first kappa shape index (κ1) is 24.2. The number of ether oxygens (including phenoxy) is 1. The van der Waals surface area contributed by atoms with Crippen molar-refractivity contribution in [1.29, 1.82) is 0 Å². The highest BCUT2D eigenvalue weighted by Crippen LogP contribution is 2.32. The van der Waals surface area contributed by atoms with E-state index in [0.29, 0.717) is 0 Å². The Morgan fingerprint density at radius 1 is 0.667 bits per heavy atom. The van der Waals surface area contributed by atoms with E-state index >= 15 is 0 Å². The molecule has 1 aliphatic heterocycles. The molecule has 0 aromatic heterocycles. The van der Waals surface area contributed by atoms with Crippen LogP contribution in [0.25, 0.3) is 0 Å². The molecule has 1 rings (SSSR count). The molecule has 1 atom stereocenters. The van der Waals surface area contributed by atoms with Gasteiger partial charge in [0, 0.05) is 0 Å². The largest absolute Gasteiger partial charge is 0.430 e. The fraction of sp³-hybridized carbons (Fsp3) is 0.880. The molecule has 0 aromatic carbocycles. The first-order valence-corrected chi connectivity index (χ1v) is 12.2. The molecule has 1 saturated heterocycles. The van der Waals surface area contributed by atoms with Gasteiger partial charge in [-0.25, -0.2) is 0 Å². The lowest BCUT2D eigenvalue weighted by Gasteiger charge is -2.28. The molecule has 2 nitrogen and oxygen atoms in total. The number of hydrogen-bond acceptors (Lipinski definition) is 2. The van der Waals surface area contributed by atoms with Gasteiger partial charge in [-0.05, 0) is 25.3 Å². The number of hydrogen-bond donors (Lipinski definition) is 0. The van der Waals surface area contributed by atoms with Gasteiger partial charge in [-0.15, -0.1) is 0 Å². The molecule has 2 heteroatoms. The molecule has 0 spiro atoms. The van der Waals surface area contributed by atoms with Crippen LogP contribution in [0.15, 0.2) is 11.8 Å². The summed E-state index contributed by atoms with van der Waals surface area (Å²) in [4.78, 5) is 11.7. The summed E-state index contributed by atoms with van der Waals surface area (Å²) in [6.45, 7) is 4.53.